The van der Waals surface area contributed by atoms with Crippen LogP contribution in [0.5, 0.6) is 0 Å². The SMILES string of the molecule is CN(c1c(C(=O)O)cnn2cc(Cl)nc12)C1CC1. The summed E-state index contributed by atoms with van der Waals surface area (Å²) in [6.07, 6.45) is 5.03. The third-order valence-electron chi connectivity index (χ3n) is 3.11. The molecule has 1 fully saturated rings. The average molecular weight is 267 g/mol. The van der Waals surface area contributed by atoms with Crippen molar-refractivity contribution in [1.82, 2.24) is 14.6 Å². The Morgan fingerprint density at radius 3 is 2.94 bits per heavy atom. The molecule has 94 valence electrons. The predicted octanol–water partition coefficient (Wildman–Crippen LogP) is 1.68. The number of anilines is 1. The van der Waals surface area contributed by atoms with E-state index >= 15 is 0 Å². The monoisotopic (exact) mass is 266 g/mol. The largest absolute Gasteiger partial charge is 0.478 e. The van der Waals surface area contributed by atoms with Crippen LogP contribution in [-0.4, -0.2) is 38.8 Å². The van der Waals surface area contributed by atoms with E-state index in [2.05, 4.69) is 10.1 Å². The number of carboxylic acids is 1. The fraction of sp³-hybridized carbons (Fsp3) is 0.364. The Morgan fingerprint density at radius 2 is 2.33 bits per heavy atom. The van der Waals surface area contributed by atoms with Crippen molar-refractivity contribution in [2.45, 2.75) is 18.9 Å². The van der Waals surface area contributed by atoms with Crippen LogP contribution < -0.4 is 4.90 Å². The van der Waals surface area contributed by atoms with Gasteiger partial charge in [0.1, 0.15) is 10.7 Å². The van der Waals surface area contributed by atoms with Crippen molar-refractivity contribution < 1.29 is 9.90 Å². The summed E-state index contributed by atoms with van der Waals surface area (Å²) in [5.41, 5.74) is 1.21. The molecule has 2 aromatic rings. The Morgan fingerprint density at radius 1 is 1.61 bits per heavy atom. The molecule has 1 N–H and O–H groups in total. The van der Waals surface area contributed by atoms with Gasteiger partial charge in [-0.1, -0.05) is 11.6 Å². The molecular formula is C11H11ClN4O2. The minimum Gasteiger partial charge on any atom is -0.478 e. The summed E-state index contributed by atoms with van der Waals surface area (Å²) >= 11 is 5.85. The molecule has 2 aromatic heterocycles. The lowest BCUT2D eigenvalue weighted by Crippen LogP contribution is -2.23. The summed E-state index contributed by atoms with van der Waals surface area (Å²) in [5, 5.41) is 13.6. The van der Waals surface area contributed by atoms with E-state index in [-0.39, 0.29) is 5.56 Å². The number of carbonyl (C=O) groups is 1. The predicted molar refractivity (Wildman–Crippen MR) is 66.4 cm³/mol. The normalized spacial score (nSPS) is 15.0. The molecule has 1 aliphatic carbocycles. The molecule has 0 unspecified atom stereocenters. The first-order valence-corrected chi connectivity index (χ1v) is 5.95. The summed E-state index contributed by atoms with van der Waals surface area (Å²) in [4.78, 5) is 17.4. The van der Waals surface area contributed by atoms with E-state index in [1.54, 1.807) is 6.20 Å². The second-order valence-corrected chi connectivity index (χ2v) is 4.77. The summed E-state index contributed by atoms with van der Waals surface area (Å²) in [6.45, 7) is 0. The van der Waals surface area contributed by atoms with Crippen molar-refractivity contribution >= 4 is 28.9 Å². The molecule has 0 aromatic carbocycles. The smallest absolute Gasteiger partial charge is 0.339 e. The average Bonchev–Trinajstić information content (AvgIpc) is 3.08. The Bertz CT molecular complexity index is 635. The number of aromatic carboxylic acids is 1. The maximum atomic E-state index is 11.3. The van der Waals surface area contributed by atoms with Crippen molar-refractivity contribution in [3.05, 3.63) is 23.1 Å². The topological polar surface area (TPSA) is 70.7 Å². The third-order valence-corrected chi connectivity index (χ3v) is 3.30. The molecule has 6 nitrogen and oxygen atoms in total. The van der Waals surface area contributed by atoms with Crippen molar-refractivity contribution in [3.8, 4) is 0 Å². The zero-order valence-corrected chi connectivity index (χ0v) is 10.4. The number of hydrogen-bond acceptors (Lipinski definition) is 4. The van der Waals surface area contributed by atoms with Gasteiger partial charge in [-0.2, -0.15) is 5.10 Å². The molecule has 1 aliphatic rings. The quantitative estimate of drug-likeness (QED) is 0.915. The molecule has 0 saturated heterocycles. The molecule has 0 bridgehead atoms. The molecule has 0 radical (unpaired) electrons. The van der Waals surface area contributed by atoms with Crippen molar-refractivity contribution in [2.24, 2.45) is 0 Å². The van der Waals surface area contributed by atoms with E-state index in [1.807, 2.05) is 11.9 Å². The molecule has 3 rings (SSSR count). The highest BCUT2D eigenvalue weighted by molar-refractivity contribution is 6.29. The number of hydrogen-bond donors (Lipinski definition) is 1. The number of fused-ring (bicyclic) bond motifs is 1. The number of aromatic nitrogens is 3. The minimum atomic E-state index is -1.01. The first-order valence-electron chi connectivity index (χ1n) is 5.58. The molecular weight excluding hydrogens is 256 g/mol. The van der Waals surface area contributed by atoms with E-state index in [0.29, 0.717) is 22.5 Å². The van der Waals surface area contributed by atoms with Gasteiger partial charge in [0, 0.05) is 13.1 Å². The zero-order chi connectivity index (χ0) is 12.9. The van der Waals surface area contributed by atoms with Crippen LogP contribution in [0.3, 0.4) is 0 Å². The van der Waals surface area contributed by atoms with E-state index in [9.17, 15) is 9.90 Å². The fourth-order valence-electron chi connectivity index (χ4n) is 2.04. The Balaban J connectivity index is 2.27. The number of rotatable bonds is 3. The van der Waals surface area contributed by atoms with Gasteiger partial charge in [-0.05, 0) is 12.8 Å². The van der Waals surface area contributed by atoms with Gasteiger partial charge in [-0.25, -0.2) is 14.3 Å². The van der Waals surface area contributed by atoms with Crippen LogP contribution in [0.25, 0.3) is 5.65 Å². The minimum absolute atomic E-state index is 0.152. The van der Waals surface area contributed by atoms with Crippen molar-refractivity contribution in [3.63, 3.8) is 0 Å². The van der Waals surface area contributed by atoms with Crippen LogP contribution in [0.15, 0.2) is 12.4 Å². The molecule has 7 heteroatoms. The summed E-state index contributed by atoms with van der Waals surface area (Å²) in [7, 11) is 1.88. The number of imidazole rings is 1. The Kier molecular flexibility index (Phi) is 2.41. The lowest BCUT2D eigenvalue weighted by atomic mass is 10.2. The fourth-order valence-corrected chi connectivity index (χ4v) is 2.22. The van der Waals surface area contributed by atoms with E-state index < -0.39 is 5.97 Å². The second kappa shape index (κ2) is 3.84. The molecule has 2 heterocycles. The van der Waals surface area contributed by atoms with Crippen molar-refractivity contribution in [2.75, 3.05) is 11.9 Å². The van der Waals surface area contributed by atoms with Gasteiger partial charge in [0.25, 0.3) is 0 Å². The van der Waals surface area contributed by atoms with Crippen LogP contribution >= 0.6 is 11.6 Å². The molecule has 18 heavy (non-hydrogen) atoms. The summed E-state index contributed by atoms with van der Waals surface area (Å²) < 4.78 is 1.50. The van der Waals surface area contributed by atoms with Crippen LogP contribution in [0.1, 0.15) is 23.2 Å². The highest BCUT2D eigenvalue weighted by Crippen LogP contribution is 2.34. The number of halogens is 1. The van der Waals surface area contributed by atoms with Gasteiger partial charge in [0.15, 0.2) is 5.65 Å². The van der Waals surface area contributed by atoms with Gasteiger partial charge in [0.05, 0.1) is 18.1 Å². The van der Waals surface area contributed by atoms with Gasteiger partial charge in [-0.15, -0.1) is 0 Å². The van der Waals surface area contributed by atoms with Gasteiger partial charge >= 0.3 is 5.97 Å². The first-order chi connectivity index (χ1) is 8.58. The van der Waals surface area contributed by atoms with Crippen LogP contribution in [0.4, 0.5) is 5.69 Å². The number of carboxylic acid groups (broad SMARTS) is 1. The highest BCUT2D eigenvalue weighted by Gasteiger charge is 2.31. The van der Waals surface area contributed by atoms with E-state index in [1.165, 1.54) is 10.7 Å². The molecule has 0 aliphatic heterocycles. The maximum absolute atomic E-state index is 11.3. The van der Waals surface area contributed by atoms with Gasteiger partial charge < -0.3 is 10.0 Å². The standard InChI is InChI=1S/C11H11ClN4O2/c1-15(6-2-3-6)9-7(11(17)18)4-13-16-5-8(12)14-10(9)16/h4-6H,2-3H2,1H3,(H,17,18). The molecule has 1 saturated carbocycles. The van der Waals surface area contributed by atoms with Gasteiger partial charge in [-0.3, -0.25) is 0 Å². The van der Waals surface area contributed by atoms with Crippen LogP contribution in [0, 0.1) is 0 Å². The van der Waals surface area contributed by atoms with Crippen LogP contribution in [0.2, 0.25) is 5.15 Å². The Hall–Kier alpha value is -1.82. The Labute approximate surface area is 108 Å². The maximum Gasteiger partial charge on any atom is 0.339 e. The highest BCUT2D eigenvalue weighted by atomic mass is 35.5. The van der Waals surface area contributed by atoms with Crippen molar-refractivity contribution in [1.29, 1.82) is 0 Å². The first kappa shape index (κ1) is 11.3. The summed E-state index contributed by atoms with van der Waals surface area (Å²) in [6, 6.07) is 0.379. The van der Waals surface area contributed by atoms with Crippen LogP contribution in [-0.2, 0) is 0 Å². The molecule has 0 spiro atoms. The molecule has 0 amide bonds. The summed E-state index contributed by atoms with van der Waals surface area (Å²) in [5.74, 6) is -1.01. The third kappa shape index (κ3) is 1.69. The van der Waals surface area contributed by atoms with Gasteiger partial charge in [0.2, 0.25) is 0 Å². The zero-order valence-electron chi connectivity index (χ0n) is 9.67. The molecule has 0 atom stereocenters. The van der Waals surface area contributed by atoms with E-state index in [0.717, 1.165) is 12.8 Å². The lowest BCUT2D eigenvalue weighted by Gasteiger charge is -2.20. The number of nitrogens with zero attached hydrogens (tertiary/aromatic N) is 4. The van der Waals surface area contributed by atoms with E-state index in [4.69, 9.17) is 11.6 Å². The second-order valence-electron chi connectivity index (χ2n) is 4.39. The lowest BCUT2D eigenvalue weighted by molar-refractivity contribution is 0.0697.